The fourth-order valence-corrected chi connectivity index (χ4v) is 2.37. The minimum Gasteiger partial charge on any atom is -0.240 e. The number of aromatic nitrogens is 1. The maximum absolute atomic E-state index is 4.56. The van der Waals surface area contributed by atoms with E-state index in [2.05, 4.69) is 67.5 Å². The van der Waals surface area contributed by atoms with Crippen molar-refractivity contribution in [3.63, 3.8) is 0 Å². The quantitative estimate of drug-likeness (QED) is 0.581. The van der Waals surface area contributed by atoms with Crippen molar-refractivity contribution >= 4 is 22.2 Å². The van der Waals surface area contributed by atoms with Crippen LogP contribution in [0.5, 0.6) is 0 Å². The highest BCUT2D eigenvalue weighted by Crippen LogP contribution is 2.07. The number of rotatable bonds is 2. The molecule has 1 aromatic heterocycles. The lowest BCUT2D eigenvalue weighted by molar-refractivity contribution is 1.26. The Morgan fingerprint density at radius 1 is 1.06 bits per heavy atom. The van der Waals surface area contributed by atoms with Gasteiger partial charge in [0, 0.05) is 0 Å². The van der Waals surface area contributed by atoms with Crippen LogP contribution in [-0.4, -0.2) is 21.1 Å². The molecular weight excluding hydrogens is 250 g/mol. The van der Waals surface area contributed by atoms with Crippen LogP contribution in [-0.2, 0) is 0 Å². The number of hydrogen-bond acceptors (Lipinski definition) is 1. The molecule has 1 aromatic rings. The molecule has 0 atom stereocenters. The molecule has 0 amide bonds. The van der Waals surface area contributed by atoms with Crippen LogP contribution in [0, 0.1) is 11.5 Å². The van der Waals surface area contributed by atoms with Gasteiger partial charge in [-0.3, -0.25) is 0 Å². The van der Waals surface area contributed by atoms with Crippen LogP contribution < -0.4 is 0 Å². The van der Waals surface area contributed by atoms with Crippen molar-refractivity contribution < 1.29 is 0 Å². The summed E-state index contributed by atoms with van der Waals surface area (Å²) in [6.45, 7) is 13.7. The first kappa shape index (κ1) is 14.9. The van der Waals surface area contributed by atoms with Crippen LogP contribution in [0.25, 0.3) is 6.08 Å². The van der Waals surface area contributed by atoms with Gasteiger partial charge >= 0.3 is 0 Å². The summed E-state index contributed by atoms with van der Waals surface area (Å²) in [6, 6.07) is 6.06. The molecule has 0 bridgehead atoms. The van der Waals surface area contributed by atoms with E-state index in [0.717, 1.165) is 11.4 Å². The molecule has 18 heavy (non-hydrogen) atoms. The fraction of sp³-hybridized carbons (Fsp3) is 0.400. The molecule has 0 unspecified atom stereocenters. The third kappa shape index (κ3) is 6.58. The van der Waals surface area contributed by atoms with E-state index in [1.165, 1.54) is 0 Å². The van der Waals surface area contributed by atoms with Crippen molar-refractivity contribution in [3.05, 3.63) is 35.3 Å². The van der Waals surface area contributed by atoms with Crippen LogP contribution in [0.3, 0.4) is 0 Å². The Bertz CT molecular complexity index is 494. The molecule has 0 fully saturated rings. The first-order valence-electron chi connectivity index (χ1n) is 6.35. The molecule has 0 radical (unpaired) electrons. The predicted molar refractivity (Wildman–Crippen MR) is 86.8 cm³/mol. The highest BCUT2D eigenvalue weighted by molar-refractivity contribution is 6.84. The SMILES string of the molecule is C[Si](C)(C)C#Cc1cccc(/C=C/[Si](C)(C)C)n1. The molecule has 0 spiro atoms. The van der Waals surface area contributed by atoms with Gasteiger partial charge in [0.15, 0.2) is 0 Å². The summed E-state index contributed by atoms with van der Waals surface area (Å²) in [5.41, 5.74) is 7.56. The summed E-state index contributed by atoms with van der Waals surface area (Å²) >= 11 is 0. The monoisotopic (exact) mass is 273 g/mol. The summed E-state index contributed by atoms with van der Waals surface area (Å²) in [6.07, 6.45) is 2.13. The molecule has 0 saturated carbocycles. The summed E-state index contributed by atoms with van der Waals surface area (Å²) in [4.78, 5) is 4.56. The standard InChI is InChI=1S/C15H23NSi2/c1-17(2,3)12-10-14-8-7-9-15(16-14)11-13-18(4,5)6/h7-10,12H,1-6H3/b12-10+. The van der Waals surface area contributed by atoms with E-state index in [9.17, 15) is 0 Å². The molecule has 0 N–H and O–H groups in total. The molecule has 0 aliphatic rings. The normalized spacial score (nSPS) is 12.3. The minimum atomic E-state index is -1.32. The molecular formula is C15H23NSi2. The highest BCUT2D eigenvalue weighted by Gasteiger charge is 2.08. The van der Waals surface area contributed by atoms with Gasteiger partial charge in [0.1, 0.15) is 13.8 Å². The fourth-order valence-electron chi connectivity index (χ4n) is 1.20. The second-order valence-corrected chi connectivity index (χ2v) is 16.5. The first-order valence-corrected chi connectivity index (χ1v) is 13.4. The zero-order valence-corrected chi connectivity index (χ0v) is 14.3. The second kappa shape index (κ2) is 5.68. The van der Waals surface area contributed by atoms with Gasteiger partial charge in [0.2, 0.25) is 0 Å². The average molecular weight is 274 g/mol. The van der Waals surface area contributed by atoms with Gasteiger partial charge in [-0.2, -0.15) is 0 Å². The Balaban J connectivity index is 2.93. The molecule has 96 valence electrons. The first-order chi connectivity index (χ1) is 8.16. The Morgan fingerprint density at radius 2 is 1.72 bits per heavy atom. The molecule has 0 aliphatic heterocycles. The van der Waals surface area contributed by atoms with Gasteiger partial charge in [-0.1, -0.05) is 57.0 Å². The van der Waals surface area contributed by atoms with Crippen LogP contribution >= 0.6 is 0 Å². The van der Waals surface area contributed by atoms with Gasteiger partial charge in [-0.15, -0.1) is 5.54 Å². The van der Waals surface area contributed by atoms with Crippen molar-refractivity contribution in [1.29, 1.82) is 0 Å². The second-order valence-electron chi connectivity index (χ2n) is 6.65. The molecule has 1 nitrogen and oxygen atoms in total. The van der Waals surface area contributed by atoms with Crippen LogP contribution in [0.2, 0.25) is 39.3 Å². The van der Waals surface area contributed by atoms with E-state index in [1.807, 2.05) is 18.2 Å². The van der Waals surface area contributed by atoms with Gasteiger partial charge in [0.25, 0.3) is 0 Å². The molecule has 3 heteroatoms. The highest BCUT2D eigenvalue weighted by atomic mass is 28.3. The van der Waals surface area contributed by atoms with E-state index < -0.39 is 16.1 Å². The maximum Gasteiger partial charge on any atom is 0.129 e. The van der Waals surface area contributed by atoms with Crippen LogP contribution in [0.1, 0.15) is 11.4 Å². The lowest BCUT2D eigenvalue weighted by Crippen LogP contribution is -2.16. The summed E-state index contributed by atoms with van der Waals surface area (Å²) < 4.78 is 0. The van der Waals surface area contributed by atoms with E-state index >= 15 is 0 Å². The molecule has 0 saturated heterocycles. The van der Waals surface area contributed by atoms with Crippen molar-refractivity contribution in [2.45, 2.75) is 39.3 Å². The van der Waals surface area contributed by atoms with Gasteiger partial charge < -0.3 is 0 Å². The maximum atomic E-state index is 4.56. The molecule has 1 rings (SSSR count). The summed E-state index contributed by atoms with van der Waals surface area (Å²) in [5.74, 6) is 3.20. The van der Waals surface area contributed by atoms with Crippen molar-refractivity contribution in [2.75, 3.05) is 0 Å². The molecule has 1 heterocycles. The number of nitrogens with zero attached hydrogens (tertiary/aromatic N) is 1. The average Bonchev–Trinajstić information content (AvgIpc) is 2.22. The number of pyridine rings is 1. The van der Waals surface area contributed by atoms with Gasteiger partial charge in [0.05, 0.1) is 13.8 Å². The largest absolute Gasteiger partial charge is 0.240 e. The third-order valence-electron chi connectivity index (χ3n) is 2.09. The zero-order valence-electron chi connectivity index (χ0n) is 12.3. The van der Waals surface area contributed by atoms with E-state index in [1.54, 1.807) is 0 Å². The van der Waals surface area contributed by atoms with Crippen molar-refractivity contribution in [3.8, 4) is 11.5 Å². The Hall–Kier alpha value is -1.12. The van der Waals surface area contributed by atoms with Crippen LogP contribution in [0.4, 0.5) is 0 Å². The van der Waals surface area contributed by atoms with E-state index in [0.29, 0.717) is 0 Å². The van der Waals surface area contributed by atoms with Gasteiger partial charge in [-0.05, 0) is 18.2 Å². The van der Waals surface area contributed by atoms with Crippen molar-refractivity contribution in [2.24, 2.45) is 0 Å². The van der Waals surface area contributed by atoms with Crippen LogP contribution in [0.15, 0.2) is 23.9 Å². The Kier molecular flexibility index (Phi) is 4.72. The molecule has 0 aromatic carbocycles. The minimum absolute atomic E-state index is 0.884. The lowest BCUT2D eigenvalue weighted by Gasteiger charge is -2.07. The third-order valence-corrected chi connectivity index (χ3v) is 4.13. The van der Waals surface area contributed by atoms with Gasteiger partial charge in [-0.25, -0.2) is 4.98 Å². The van der Waals surface area contributed by atoms with Crippen molar-refractivity contribution in [1.82, 2.24) is 4.98 Å². The smallest absolute Gasteiger partial charge is 0.129 e. The van der Waals surface area contributed by atoms with E-state index in [4.69, 9.17) is 0 Å². The molecule has 0 aliphatic carbocycles. The Morgan fingerprint density at radius 3 is 2.28 bits per heavy atom. The van der Waals surface area contributed by atoms with E-state index in [-0.39, 0.29) is 0 Å². The summed E-state index contributed by atoms with van der Waals surface area (Å²) in [7, 11) is -2.47. The zero-order chi connectivity index (χ0) is 13.8. The number of hydrogen-bond donors (Lipinski definition) is 0. The topological polar surface area (TPSA) is 12.9 Å². The Labute approximate surface area is 113 Å². The predicted octanol–water partition coefficient (Wildman–Crippen LogP) is 4.20. The lowest BCUT2D eigenvalue weighted by atomic mass is 10.3. The summed E-state index contributed by atoms with van der Waals surface area (Å²) in [5, 5.41) is 0.